The minimum atomic E-state index is -4.79. The van der Waals surface area contributed by atoms with Gasteiger partial charge >= 0.3 is 12.3 Å². The van der Waals surface area contributed by atoms with Crippen molar-refractivity contribution in [3.05, 3.63) is 77.9 Å². The van der Waals surface area contributed by atoms with Gasteiger partial charge in [0.1, 0.15) is 17.2 Å². The highest BCUT2D eigenvalue weighted by molar-refractivity contribution is 7.92. The van der Waals surface area contributed by atoms with Crippen molar-refractivity contribution in [1.29, 1.82) is 0 Å². The molecule has 7 nitrogen and oxygen atoms in total. The highest BCUT2D eigenvalue weighted by Gasteiger charge is 2.31. The standard InChI is InChI=1S/C24H22F3NO6S/c1-4-28(35(30,31)21-14-5-16(2)22(15-21)23(29)32-3)17-6-8-18(9-7-17)33-19-10-12-20(13-11-19)34-24(25,26)27/h5-15H,4H2,1-3H3. The zero-order chi connectivity index (χ0) is 25.8. The van der Waals surface area contributed by atoms with Crippen LogP contribution in [0.2, 0.25) is 0 Å². The lowest BCUT2D eigenvalue weighted by atomic mass is 10.1. The monoisotopic (exact) mass is 509 g/mol. The number of ether oxygens (including phenoxy) is 3. The molecule has 0 bridgehead atoms. The normalized spacial score (nSPS) is 11.6. The van der Waals surface area contributed by atoms with Crippen LogP contribution in [-0.2, 0) is 14.8 Å². The number of aryl methyl sites for hydroxylation is 1. The number of anilines is 1. The van der Waals surface area contributed by atoms with E-state index in [2.05, 4.69) is 4.74 Å². The summed E-state index contributed by atoms with van der Waals surface area (Å²) in [4.78, 5) is 11.9. The Balaban J connectivity index is 1.80. The number of sulfonamides is 1. The maximum Gasteiger partial charge on any atom is 0.573 e. The summed E-state index contributed by atoms with van der Waals surface area (Å²) in [7, 11) is -2.78. The van der Waals surface area contributed by atoms with Crippen molar-refractivity contribution in [3.8, 4) is 17.2 Å². The van der Waals surface area contributed by atoms with Gasteiger partial charge in [-0.25, -0.2) is 13.2 Å². The summed E-state index contributed by atoms with van der Waals surface area (Å²) in [5.74, 6) is -0.408. The Morgan fingerprint density at radius 2 is 1.46 bits per heavy atom. The number of carbonyl (C=O) groups excluding carboxylic acids is 1. The molecule has 0 aliphatic heterocycles. The van der Waals surface area contributed by atoms with Crippen molar-refractivity contribution >= 4 is 21.7 Å². The van der Waals surface area contributed by atoms with Gasteiger partial charge in [0.05, 0.1) is 23.3 Å². The molecule has 0 saturated carbocycles. The molecule has 0 amide bonds. The summed E-state index contributed by atoms with van der Waals surface area (Å²) in [5.41, 5.74) is 1.09. The van der Waals surface area contributed by atoms with Crippen LogP contribution in [0.4, 0.5) is 18.9 Å². The highest BCUT2D eigenvalue weighted by Crippen LogP contribution is 2.30. The van der Waals surface area contributed by atoms with Crippen molar-refractivity contribution in [1.82, 2.24) is 0 Å². The van der Waals surface area contributed by atoms with Gasteiger partial charge in [-0.1, -0.05) is 6.07 Å². The Labute approximate surface area is 200 Å². The molecule has 3 aromatic carbocycles. The second-order valence-electron chi connectivity index (χ2n) is 7.25. The first-order valence-corrected chi connectivity index (χ1v) is 11.7. The van der Waals surface area contributed by atoms with Gasteiger partial charge in [0.2, 0.25) is 0 Å². The van der Waals surface area contributed by atoms with Crippen LogP contribution in [0.5, 0.6) is 17.2 Å². The van der Waals surface area contributed by atoms with E-state index in [1.165, 1.54) is 66.0 Å². The first-order valence-electron chi connectivity index (χ1n) is 10.3. The molecule has 0 atom stereocenters. The summed E-state index contributed by atoms with van der Waals surface area (Å²) < 4.78 is 78.8. The number of methoxy groups -OCH3 is 1. The van der Waals surface area contributed by atoms with Gasteiger partial charge in [-0.05, 0) is 80.1 Å². The molecule has 0 fully saturated rings. The van der Waals surface area contributed by atoms with Crippen molar-refractivity contribution in [2.24, 2.45) is 0 Å². The second-order valence-corrected chi connectivity index (χ2v) is 9.12. The lowest BCUT2D eigenvalue weighted by Crippen LogP contribution is -2.31. The molecule has 3 aromatic rings. The van der Waals surface area contributed by atoms with E-state index in [0.717, 1.165) is 12.1 Å². The number of benzene rings is 3. The Morgan fingerprint density at radius 3 is 1.97 bits per heavy atom. The lowest BCUT2D eigenvalue weighted by Gasteiger charge is -2.23. The van der Waals surface area contributed by atoms with Crippen LogP contribution in [0.25, 0.3) is 0 Å². The Kier molecular flexibility index (Phi) is 7.59. The molecule has 0 spiro atoms. The molecule has 0 aromatic heterocycles. The minimum absolute atomic E-state index is 0.0631. The quantitative estimate of drug-likeness (QED) is 0.363. The third-order valence-electron chi connectivity index (χ3n) is 4.91. The van der Waals surface area contributed by atoms with Crippen LogP contribution in [-0.4, -0.2) is 34.4 Å². The topological polar surface area (TPSA) is 82.1 Å². The fraction of sp³-hybridized carbons (Fsp3) is 0.208. The molecule has 3 rings (SSSR count). The van der Waals surface area contributed by atoms with Gasteiger partial charge in [-0.2, -0.15) is 0 Å². The highest BCUT2D eigenvalue weighted by atomic mass is 32.2. The summed E-state index contributed by atoms with van der Waals surface area (Å²) in [6.45, 7) is 3.46. The van der Waals surface area contributed by atoms with Crippen molar-refractivity contribution < 1.29 is 40.6 Å². The van der Waals surface area contributed by atoms with E-state index in [-0.39, 0.29) is 28.5 Å². The Hall–Kier alpha value is -3.73. The van der Waals surface area contributed by atoms with Gasteiger partial charge in [-0.3, -0.25) is 4.31 Å². The molecule has 0 radical (unpaired) electrons. The van der Waals surface area contributed by atoms with E-state index < -0.39 is 22.4 Å². The predicted octanol–water partition coefficient (Wildman–Crippen LogP) is 5.69. The number of nitrogens with zero attached hydrogens (tertiary/aromatic N) is 1. The Bertz CT molecular complexity index is 1290. The molecule has 0 heterocycles. The van der Waals surface area contributed by atoms with Gasteiger partial charge in [0.25, 0.3) is 10.0 Å². The van der Waals surface area contributed by atoms with Crippen LogP contribution in [0.15, 0.2) is 71.6 Å². The number of hydrogen-bond donors (Lipinski definition) is 0. The first kappa shape index (κ1) is 25.9. The van der Waals surface area contributed by atoms with Gasteiger partial charge in [0, 0.05) is 6.54 Å². The smallest absolute Gasteiger partial charge is 0.465 e. The molecule has 186 valence electrons. The van der Waals surface area contributed by atoms with Gasteiger partial charge in [-0.15, -0.1) is 13.2 Å². The fourth-order valence-electron chi connectivity index (χ4n) is 3.24. The van der Waals surface area contributed by atoms with E-state index >= 15 is 0 Å². The average Bonchev–Trinajstić information content (AvgIpc) is 2.80. The van der Waals surface area contributed by atoms with Crippen molar-refractivity contribution in [2.75, 3.05) is 18.0 Å². The number of carbonyl (C=O) groups is 1. The van der Waals surface area contributed by atoms with Crippen LogP contribution in [0.3, 0.4) is 0 Å². The number of esters is 1. The maximum atomic E-state index is 13.3. The summed E-state index contributed by atoms with van der Waals surface area (Å²) >= 11 is 0. The first-order chi connectivity index (χ1) is 16.4. The molecular weight excluding hydrogens is 487 g/mol. The number of halogens is 3. The van der Waals surface area contributed by atoms with Crippen LogP contribution < -0.4 is 13.8 Å². The largest absolute Gasteiger partial charge is 0.573 e. The van der Waals surface area contributed by atoms with E-state index in [0.29, 0.717) is 17.0 Å². The van der Waals surface area contributed by atoms with Crippen LogP contribution in [0, 0.1) is 6.92 Å². The molecular formula is C24H22F3NO6S. The Morgan fingerprint density at radius 1 is 0.914 bits per heavy atom. The maximum absolute atomic E-state index is 13.3. The van der Waals surface area contributed by atoms with E-state index in [1.54, 1.807) is 13.8 Å². The van der Waals surface area contributed by atoms with Crippen LogP contribution >= 0.6 is 0 Å². The molecule has 0 unspecified atom stereocenters. The van der Waals surface area contributed by atoms with Gasteiger partial charge < -0.3 is 14.2 Å². The lowest BCUT2D eigenvalue weighted by molar-refractivity contribution is -0.274. The second kappa shape index (κ2) is 10.3. The molecule has 11 heteroatoms. The average molecular weight is 510 g/mol. The summed E-state index contributed by atoms with van der Waals surface area (Å²) in [6, 6.07) is 15.2. The predicted molar refractivity (Wildman–Crippen MR) is 122 cm³/mol. The molecule has 0 aliphatic rings. The van der Waals surface area contributed by atoms with Gasteiger partial charge in [0.15, 0.2) is 0 Å². The van der Waals surface area contributed by atoms with Crippen molar-refractivity contribution in [3.63, 3.8) is 0 Å². The number of hydrogen-bond acceptors (Lipinski definition) is 6. The molecule has 0 N–H and O–H groups in total. The number of rotatable bonds is 8. The molecule has 0 aliphatic carbocycles. The molecule has 35 heavy (non-hydrogen) atoms. The summed E-state index contributed by atoms with van der Waals surface area (Å²) in [6.07, 6.45) is -4.79. The summed E-state index contributed by atoms with van der Waals surface area (Å²) in [5, 5.41) is 0. The zero-order valence-electron chi connectivity index (χ0n) is 19.0. The fourth-order valence-corrected chi connectivity index (χ4v) is 4.74. The number of alkyl halides is 3. The molecule has 0 saturated heterocycles. The SMILES string of the molecule is CCN(c1ccc(Oc2ccc(OC(F)(F)F)cc2)cc1)S(=O)(=O)c1ccc(C)c(C(=O)OC)c1. The van der Waals surface area contributed by atoms with Crippen molar-refractivity contribution in [2.45, 2.75) is 25.1 Å². The third-order valence-corrected chi connectivity index (χ3v) is 6.81. The van der Waals surface area contributed by atoms with Crippen LogP contribution in [0.1, 0.15) is 22.8 Å². The zero-order valence-corrected chi connectivity index (χ0v) is 19.8. The van der Waals surface area contributed by atoms with E-state index in [4.69, 9.17) is 9.47 Å². The van der Waals surface area contributed by atoms with E-state index in [1.807, 2.05) is 0 Å². The third kappa shape index (κ3) is 6.24. The minimum Gasteiger partial charge on any atom is -0.465 e. The van der Waals surface area contributed by atoms with E-state index in [9.17, 15) is 26.4 Å².